The Hall–Kier alpha value is -2.34. The SMILES string of the molecule is COc1ccc2c(c1)CCCC2CC(=O)N1CCNCC1c1nccn1C. The number of aromatic nitrogens is 2. The predicted octanol–water partition coefficient (Wildman–Crippen LogP) is 2.41. The molecule has 1 fully saturated rings. The molecule has 144 valence electrons. The number of ether oxygens (including phenoxy) is 1. The molecular formula is C21H28N4O2. The lowest BCUT2D eigenvalue weighted by molar-refractivity contribution is -0.135. The zero-order valence-corrected chi connectivity index (χ0v) is 16.1. The van der Waals surface area contributed by atoms with Crippen molar-refractivity contribution in [3.05, 3.63) is 47.5 Å². The smallest absolute Gasteiger partial charge is 0.223 e. The minimum Gasteiger partial charge on any atom is -0.497 e. The molecule has 2 aliphatic rings. The zero-order chi connectivity index (χ0) is 18.8. The molecular weight excluding hydrogens is 340 g/mol. The van der Waals surface area contributed by atoms with Crippen molar-refractivity contribution in [3.63, 3.8) is 0 Å². The maximum atomic E-state index is 13.3. The summed E-state index contributed by atoms with van der Waals surface area (Å²) in [6, 6.07) is 6.31. The highest BCUT2D eigenvalue weighted by Gasteiger charge is 2.32. The number of piperazine rings is 1. The summed E-state index contributed by atoms with van der Waals surface area (Å²) >= 11 is 0. The second-order valence-electron chi connectivity index (χ2n) is 7.56. The van der Waals surface area contributed by atoms with Gasteiger partial charge in [0.25, 0.3) is 0 Å². The Bertz CT molecular complexity index is 816. The van der Waals surface area contributed by atoms with Gasteiger partial charge in [0.15, 0.2) is 0 Å². The van der Waals surface area contributed by atoms with Gasteiger partial charge >= 0.3 is 0 Å². The fourth-order valence-corrected chi connectivity index (χ4v) is 4.49. The lowest BCUT2D eigenvalue weighted by Crippen LogP contribution is -2.49. The number of rotatable bonds is 4. The number of hydrogen-bond donors (Lipinski definition) is 1. The van der Waals surface area contributed by atoms with Crippen LogP contribution in [-0.2, 0) is 18.3 Å². The third-order valence-electron chi connectivity index (χ3n) is 5.93. The highest BCUT2D eigenvalue weighted by Crippen LogP contribution is 2.37. The summed E-state index contributed by atoms with van der Waals surface area (Å²) in [5, 5.41) is 3.41. The number of nitrogens with zero attached hydrogens (tertiary/aromatic N) is 3. The molecule has 1 saturated heterocycles. The summed E-state index contributed by atoms with van der Waals surface area (Å²) in [6.45, 7) is 2.33. The lowest BCUT2D eigenvalue weighted by Gasteiger charge is -2.37. The van der Waals surface area contributed by atoms with Crippen LogP contribution < -0.4 is 10.1 Å². The second-order valence-corrected chi connectivity index (χ2v) is 7.56. The van der Waals surface area contributed by atoms with Crippen molar-refractivity contribution < 1.29 is 9.53 Å². The molecule has 1 aromatic heterocycles. The Kier molecular flexibility index (Phi) is 5.16. The topological polar surface area (TPSA) is 59.4 Å². The molecule has 0 spiro atoms. The van der Waals surface area contributed by atoms with E-state index in [2.05, 4.69) is 22.4 Å². The first-order valence-corrected chi connectivity index (χ1v) is 9.81. The van der Waals surface area contributed by atoms with Gasteiger partial charge in [0.05, 0.1) is 7.11 Å². The van der Waals surface area contributed by atoms with Gasteiger partial charge in [-0.2, -0.15) is 0 Å². The van der Waals surface area contributed by atoms with Crippen LogP contribution >= 0.6 is 0 Å². The van der Waals surface area contributed by atoms with Gasteiger partial charge in [0.1, 0.15) is 17.6 Å². The van der Waals surface area contributed by atoms with E-state index in [1.807, 2.05) is 28.8 Å². The fourth-order valence-electron chi connectivity index (χ4n) is 4.49. The Morgan fingerprint density at radius 2 is 2.30 bits per heavy atom. The molecule has 1 aliphatic carbocycles. The summed E-state index contributed by atoms with van der Waals surface area (Å²) in [7, 11) is 3.69. The molecule has 1 N–H and O–H groups in total. The number of amides is 1. The summed E-state index contributed by atoms with van der Waals surface area (Å²) in [5.41, 5.74) is 2.65. The van der Waals surface area contributed by atoms with Gasteiger partial charge in [0.2, 0.25) is 5.91 Å². The molecule has 0 saturated carbocycles. The van der Waals surface area contributed by atoms with Gasteiger partial charge in [-0.15, -0.1) is 0 Å². The minimum atomic E-state index is 0.00479. The molecule has 27 heavy (non-hydrogen) atoms. The van der Waals surface area contributed by atoms with Crippen molar-refractivity contribution in [3.8, 4) is 5.75 Å². The average Bonchev–Trinajstić information content (AvgIpc) is 3.13. The van der Waals surface area contributed by atoms with E-state index in [-0.39, 0.29) is 11.9 Å². The molecule has 0 bridgehead atoms. The van der Waals surface area contributed by atoms with Crippen LogP contribution in [0.15, 0.2) is 30.6 Å². The summed E-state index contributed by atoms with van der Waals surface area (Å²) < 4.78 is 7.38. The number of fused-ring (bicyclic) bond motifs is 1. The van der Waals surface area contributed by atoms with Gasteiger partial charge in [0, 0.05) is 45.5 Å². The number of carbonyl (C=O) groups is 1. The van der Waals surface area contributed by atoms with Crippen LogP contribution in [0, 0.1) is 0 Å². The number of carbonyl (C=O) groups excluding carboxylic acids is 1. The third kappa shape index (κ3) is 3.58. The normalized spacial score (nSPS) is 22.4. The number of imidazole rings is 1. The van der Waals surface area contributed by atoms with E-state index in [0.29, 0.717) is 12.3 Å². The maximum Gasteiger partial charge on any atom is 0.223 e. The number of methoxy groups -OCH3 is 1. The van der Waals surface area contributed by atoms with E-state index >= 15 is 0 Å². The van der Waals surface area contributed by atoms with Crippen LogP contribution in [0.2, 0.25) is 0 Å². The Labute approximate surface area is 160 Å². The van der Waals surface area contributed by atoms with E-state index in [1.165, 1.54) is 11.1 Å². The second kappa shape index (κ2) is 7.72. The van der Waals surface area contributed by atoms with Gasteiger partial charge < -0.3 is 19.5 Å². The van der Waals surface area contributed by atoms with Crippen molar-refractivity contribution >= 4 is 5.91 Å². The quantitative estimate of drug-likeness (QED) is 0.900. The molecule has 4 rings (SSSR count). The van der Waals surface area contributed by atoms with Crippen molar-refractivity contribution in [2.24, 2.45) is 7.05 Å². The molecule has 6 heteroatoms. The van der Waals surface area contributed by atoms with E-state index < -0.39 is 0 Å². The fraction of sp³-hybridized carbons (Fsp3) is 0.524. The average molecular weight is 368 g/mol. The van der Waals surface area contributed by atoms with Gasteiger partial charge in [-0.1, -0.05) is 6.07 Å². The van der Waals surface area contributed by atoms with Crippen molar-refractivity contribution in [2.75, 3.05) is 26.7 Å². The lowest BCUT2D eigenvalue weighted by atomic mass is 9.80. The largest absolute Gasteiger partial charge is 0.497 e. The molecule has 2 atom stereocenters. The van der Waals surface area contributed by atoms with Crippen molar-refractivity contribution in [1.29, 1.82) is 0 Å². The van der Waals surface area contributed by atoms with E-state index in [9.17, 15) is 4.79 Å². The molecule has 6 nitrogen and oxygen atoms in total. The maximum absolute atomic E-state index is 13.3. The van der Waals surface area contributed by atoms with E-state index in [0.717, 1.165) is 50.5 Å². The Balaban J connectivity index is 1.53. The summed E-state index contributed by atoms with van der Waals surface area (Å²) in [6.07, 6.45) is 7.59. The van der Waals surface area contributed by atoms with Gasteiger partial charge in [-0.3, -0.25) is 4.79 Å². The van der Waals surface area contributed by atoms with Crippen LogP contribution in [0.4, 0.5) is 0 Å². The van der Waals surface area contributed by atoms with Gasteiger partial charge in [-0.25, -0.2) is 4.98 Å². The van der Waals surface area contributed by atoms with Crippen LogP contribution in [0.3, 0.4) is 0 Å². The van der Waals surface area contributed by atoms with Crippen molar-refractivity contribution in [2.45, 2.75) is 37.6 Å². The summed E-state index contributed by atoms with van der Waals surface area (Å²) in [5.74, 6) is 2.38. The highest BCUT2D eigenvalue weighted by molar-refractivity contribution is 5.78. The summed E-state index contributed by atoms with van der Waals surface area (Å²) in [4.78, 5) is 19.8. The first-order chi connectivity index (χ1) is 13.2. The van der Waals surface area contributed by atoms with E-state index in [4.69, 9.17) is 4.74 Å². The molecule has 2 heterocycles. The molecule has 1 aromatic carbocycles. The van der Waals surface area contributed by atoms with Crippen LogP contribution in [0.25, 0.3) is 0 Å². The first-order valence-electron chi connectivity index (χ1n) is 9.81. The van der Waals surface area contributed by atoms with Crippen LogP contribution in [0.5, 0.6) is 5.75 Å². The monoisotopic (exact) mass is 368 g/mol. The molecule has 0 radical (unpaired) electrons. The molecule has 2 aromatic rings. The van der Waals surface area contributed by atoms with Crippen LogP contribution in [-0.4, -0.2) is 47.1 Å². The number of hydrogen-bond acceptors (Lipinski definition) is 4. The number of aryl methyl sites for hydroxylation is 2. The third-order valence-corrected chi connectivity index (χ3v) is 5.93. The highest BCUT2D eigenvalue weighted by atomic mass is 16.5. The predicted molar refractivity (Wildman–Crippen MR) is 104 cm³/mol. The molecule has 1 amide bonds. The Morgan fingerprint density at radius 1 is 1.41 bits per heavy atom. The van der Waals surface area contributed by atoms with Gasteiger partial charge in [-0.05, 0) is 48.4 Å². The number of nitrogens with one attached hydrogen (secondary N) is 1. The van der Waals surface area contributed by atoms with E-state index in [1.54, 1.807) is 13.3 Å². The first kappa shape index (κ1) is 18.0. The molecule has 2 unspecified atom stereocenters. The minimum absolute atomic E-state index is 0.00479. The number of benzene rings is 1. The standard InChI is InChI=1S/C21H28N4O2/c1-24-10-9-23-21(24)19-14-22-8-11-25(19)20(26)13-16-5-3-4-15-12-17(27-2)6-7-18(15)16/h6-7,9-10,12,16,19,22H,3-5,8,11,13-14H2,1-2H3. The van der Waals surface area contributed by atoms with Crippen LogP contribution in [0.1, 0.15) is 48.2 Å². The molecule has 1 aliphatic heterocycles. The Morgan fingerprint density at radius 3 is 3.07 bits per heavy atom. The zero-order valence-electron chi connectivity index (χ0n) is 16.1. The van der Waals surface area contributed by atoms with Crippen molar-refractivity contribution in [1.82, 2.24) is 19.8 Å².